The molecule has 0 radical (unpaired) electrons. The molecule has 2 aromatic rings. The van der Waals surface area contributed by atoms with Crippen molar-refractivity contribution >= 4 is 0 Å². The molecule has 0 saturated carbocycles. The van der Waals surface area contributed by atoms with E-state index in [1.165, 1.54) is 12.8 Å². The number of para-hydroxylation sites is 1. The summed E-state index contributed by atoms with van der Waals surface area (Å²) in [6, 6.07) is 10.1. The number of benzene rings is 1. The minimum atomic E-state index is 0.0850. The number of hydrogen-bond donors (Lipinski definition) is 2. The molecule has 1 atom stereocenters. The number of aromatic nitrogens is 3. The van der Waals surface area contributed by atoms with Gasteiger partial charge in [-0.2, -0.15) is 0 Å². The molecule has 5 nitrogen and oxygen atoms in total. The van der Waals surface area contributed by atoms with Crippen molar-refractivity contribution in [3.8, 4) is 5.69 Å². The van der Waals surface area contributed by atoms with Crippen molar-refractivity contribution in [3.05, 3.63) is 42.2 Å². The first-order chi connectivity index (χ1) is 9.36. The van der Waals surface area contributed by atoms with Crippen LogP contribution in [0.5, 0.6) is 0 Å². The van der Waals surface area contributed by atoms with Gasteiger partial charge in [0.1, 0.15) is 0 Å². The van der Waals surface area contributed by atoms with Crippen LogP contribution in [0.1, 0.15) is 44.3 Å². The predicted octanol–water partition coefficient (Wildman–Crippen LogP) is 2.35. The fourth-order valence-electron chi connectivity index (χ4n) is 2.17. The predicted molar refractivity (Wildman–Crippen MR) is 75.6 cm³/mol. The van der Waals surface area contributed by atoms with Gasteiger partial charge in [-0.3, -0.25) is 11.3 Å². The second-order valence-electron chi connectivity index (χ2n) is 4.62. The molecular weight excluding hydrogens is 238 g/mol. The van der Waals surface area contributed by atoms with Crippen molar-refractivity contribution in [2.45, 2.75) is 38.6 Å². The molecule has 5 heteroatoms. The number of nitrogens with zero attached hydrogens (tertiary/aromatic N) is 3. The zero-order valence-electron chi connectivity index (χ0n) is 11.3. The minimum Gasteiger partial charge on any atom is -0.271 e. The molecule has 0 aliphatic carbocycles. The van der Waals surface area contributed by atoms with Gasteiger partial charge in [0.25, 0.3) is 0 Å². The second kappa shape index (κ2) is 7.01. The Bertz CT molecular complexity index is 480. The first-order valence-corrected chi connectivity index (χ1v) is 6.79. The van der Waals surface area contributed by atoms with Crippen molar-refractivity contribution in [2.24, 2.45) is 5.84 Å². The van der Waals surface area contributed by atoms with Crippen molar-refractivity contribution in [1.29, 1.82) is 0 Å². The van der Waals surface area contributed by atoms with Gasteiger partial charge in [0.05, 0.1) is 23.6 Å². The summed E-state index contributed by atoms with van der Waals surface area (Å²) in [5, 5.41) is 8.17. The number of unbranched alkanes of at least 4 members (excludes halogenated alkanes) is 2. The summed E-state index contributed by atoms with van der Waals surface area (Å²) in [6.45, 7) is 2.20. The lowest BCUT2D eigenvalue weighted by atomic mass is 10.1. The molecule has 3 N–H and O–H groups in total. The summed E-state index contributed by atoms with van der Waals surface area (Å²) < 4.78 is 1.84. The van der Waals surface area contributed by atoms with E-state index in [-0.39, 0.29) is 6.04 Å². The maximum absolute atomic E-state index is 5.67. The number of nitrogens with two attached hydrogens (primary N) is 1. The van der Waals surface area contributed by atoms with Gasteiger partial charge in [-0.25, -0.2) is 4.68 Å². The Morgan fingerprint density at radius 3 is 2.74 bits per heavy atom. The Hall–Kier alpha value is -1.72. The van der Waals surface area contributed by atoms with Gasteiger partial charge in [-0.15, -0.1) is 5.10 Å². The number of hydrogen-bond acceptors (Lipinski definition) is 4. The second-order valence-corrected chi connectivity index (χ2v) is 4.62. The van der Waals surface area contributed by atoms with Crippen LogP contribution in [0, 0.1) is 0 Å². The average molecular weight is 259 g/mol. The van der Waals surface area contributed by atoms with Gasteiger partial charge in [0.15, 0.2) is 0 Å². The number of nitrogens with one attached hydrogen (secondary N) is 1. The molecular formula is C14H21N5. The van der Waals surface area contributed by atoms with E-state index in [2.05, 4.69) is 22.7 Å². The van der Waals surface area contributed by atoms with E-state index in [4.69, 9.17) is 5.84 Å². The highest BCUT2D eigenvalue weighted by Crippen LogP contribution is 2.20. The van der Waals surface area contributed by atoms with E-state index in [0.29, 0.717) is 0 Å². The van der Waals surface area contributed by atoms with E-state index in [1.54, 1.807) is 6.20 Å². The van der Waals surface area contributed by atoms with Gasteiger partial charge in [0.2, 0.25) is 0 Å². The molecule has 1 unspecified atom stereocenters. The van der Waals surface area contributed by atoms with Crippen LogP contribution in [0.25, 0.3) is 5.69 Å². The summed E-state index contributed by atoms with van der Waals surface area (Å²) in [5.74, 6) is 5.67. The topological polar surface area (TPSA) is 68.8 Å². The summed E-state index contributed by atoms with van der Waals surface area (Å²) in [6.07, 6.45) is 6.33. The lowest BCUT2D eigenvalue weighted by molar-refractivity contribution is 0.467. The van der Waals surface area contributed by atoms with Crippen LogP contribution in [-0.2, 0) is 0 Å². The van der Waals surface area contributed by atoms with Crippen LogP contribution in [0.15, 0.2) is 36.5 Å². The van der Waals surface area contributed by atoms with E-state index >= 15 is 0 Å². The minimum absolute atomic E-state index is 0.0850. The third kappa shape index (κ3) is 3.39. The van der Waals surface area contributed by atoms with Crippen molar-refractivity contribution < 1.29 is 0 Å². The molecule has 0 aliphatic rings. The van der Waals surface area contributed by atoms with E-state index in [0.717, 1.165) is 24.2 Å². The van der Waals surface area contributed by atoms with Crippen LogP contribution in [0.4, 0.5) is 0 Å². The molecule has 0 aliphatic heterocycles. The first kappa shape index (κ1) is 13.7. The largest absolute Gasteiger partial charge is 0.271 e. The van der Waals surface area contributed by atoms with Gasteiger partial charge in [-0.1, -0.05) is 49.6 Å². The van der Waals surface area contributed by atoms with Crippen molar-refractivity contribution in [1.82, 2.24) is 20.4 Å². The maximum atomic E-state index is 5.67. The average Bonchev–Trinajstić information content (AvgIpc) is 2.94. The lowest BCUT2D eigenvalue weighted by Gasteiger charge is -2.16. The summed E-state index contributed by atoms with van der Waals surface area (Å²) >= 11 is 0. The molecule has 1 heterocycles. The zero-order valence-corrected chi connectivity index (χ0v) is 11.3. The Balaban J connectivity index is 2.18. The van der Waals surface area contributed by atoms with Gasteiger partial charge in [0, 0.05) is 0 Å². The smallest absolute Gasteiger partial charge is 0.0828 e. The van der Waals surface area contributed by atoms with Crippen LogP contribution >= 0.6 is 0 Å². The van der Waals surface area contributed by atoms with Gasteiger partial charge < -0.3 is 0 Å². The molecule has 2 rings (SSSR count). The molecule has 102 valence electrons. The molecule has 0 saturated heterocycles. The molecule has 0 bridgehead atoms. The normalized spacial score (nSPS) is 12.5. The lowest BCUT2D eigenvalue weighted by Crippen LogP contribution is -2.29. The Morgan fingerprint density at radius 2 is 2.05 bits per heavy atom. The number of rotatable bonds is 7. The highest BCUT2D eigenvalue weighted by molar-refractivity contribution is 5.32. The van der Waals surface area contributed by atoms with Crippen LogP contribution in [0.2, 0.25) is 0 Å². The Morgan fingerprint density at radius 1 is 1.26 bits per heavy atom. The van der Waals surface area contributed by atoms with Gasteiger partial charge >= 0.3 is 0 Å². The van der Waals surface area contributed by atoms with Crippen LogP contribution < -0.4 is 11.3 Å². The fourth-order valence-corrected chi connectivity index (χ4v) is 2.17. The fraction of sp³-hybridized carbons (Fsp3) is 0.429. The Kier molecular flexibility index (Phi) is 5.06. The molecule has 0 fully saturated rings. The molecule has 1 aromatic carbocycles. The summed E-state index contributed by atoms with van der Waals surface area (Å²) in [5.41, 5.74) is 4.88. The monoisotopic (exact) mass is 259 g/mol. The van der Waals surface area contributed by atoms with E-state index in [1.807, 2.05) is 35.0 Å². The van der Waals surface area contributed by atoms with Gasteiger partial charge in [-0.05, 0) is 18.6 Å². The molecule has 0 spiro atoms. The number of hydrazine groups is 1. The van der Waals surface area contributed by atoms with E-state index < -0.39 is 0 Å². The summed E-state index contributed by atoms with van der Waals surface area (Å²) in [4.78, 5) is 0. The van der Waals surface area contributed by atoms with Crippen molar-refractivity contribution in [3.63, 3.8) is 0 Å². The zero-order chi connectivity index (χ0) is 13.5. The van der Waals surface area contributed by atoms with Crippen LogP contribution in [0.3, 0.4) is 0 Å². The van der Waals surface area contributed by atoms with E-state index in [9.17, 15) is 0 Å². The quantitative estimate of drug-likeness (QED) is 0.455. The van der Waals surface area contributed by atoms with Crippen LogP contribution in [-0.4, -0.2) is 15.0 Å². The SMILES string of the molecule is CCCCCC(NN)c1cnnn1-c1ccccc1. The van der Waals surface area contributed by atoms with Crippen molar-refractivity contribution in [2.75, 3.05) is 0 Å². The first-order valence-electron chi connectivity index (χ1n) is 6.79. The Labute approximate surface area is 113 Å². The molecule has 19 heavy (non-hydrogen) atoms. The highest BCUT2D eigenvalue weighted by atomic mass is 15.4. The highest BCUT2D eigenvalue weighted by Gasteiger charge is 2.16. The third-order valence-corrected chi connectivity index (χ3v) is 3.23. The third-order valence-electron chi connectivity index (χ3n) is 3.23. The molecule has 1 aromatic heterocycles. The standard InChI is InChI=1S/C14H21N5/c1-2-3-5-10-13(17-15)14-11-16-18-19(14)12-8-6-4-7-9-12/h4,6-9,11,13,17H,2-3,5,10,15H2,1H3. The molecule has 0 amide bonds. The summed E-state index contributed by atoms with van der Waals surface area (Å²) in [7, 11) is 0. The maximum Gasteiger partial charge on any atom is 0.0828 e.